The molecule has 0 spiro atoms. The van der Waals surface area contributed by atoms with E-state index in [1.807, 2.05) is 19.2 Å². The average molecular weight is 285 g/mol. The van der Waals surface area contributed by atoms with E-state index in [0.29, 0.717) is 25.1 Å². The van der Waals surface area contributed by atoms with Crippen LogP contribution in [0.2, 0.25) is 0 Å². The van der Waals surface area contributed by atoms with Crippen molar-refractivity contribution in [3.63, 3.8) is 0 Å². The van der Waals surface area contributed by atoms with Gasteiger partial charge in [-0.2, -0.15) is 0 Å². The van der Waals surface area contributed by atoms with Crippen LogP contribution >= 0.6 is 0 Å². The summed E-state index contributed by atoms with van der Waals surface area (Å²) in [5, 5.41) is 3.04. The van der Waals surface area contributed by atoms with E-state index < -0.39 is 0 Å². The smallest absolute Gasteiger partial charge is 0.227 e. The van der Waals surface area contributed by atoms with Gasteiger partial charge in [-0.1, -0.05) is 6.07 Å². The Hall–Kier alpha value is -2.43. The van der Waals surface area contributed by atoms with Gasteiger partial charge in [0.25, 0.3) is 0 Å². The van der Waals surface area contributed by atoms with Gasteiger partial charge in [-0.25, -0.2) is 4.39 Å². The molecule has 0 atom stereocenters. The molecule has 0 unspecified atom stereocenters. The highest BCUT2D eigenvalue weighted by molar-refractivity contribution is 5.96. The first-order valence-electron chi connectivity index (χ1n) is 6.89. The summed E-state index contributed by atoms with van der Waals surface area (Å²) < 4.78 is 13.5. The van der Waals surface area contributed by atoms with Gasteiger partial charge in [0, 0.05) is 25.4 Å². The summed E-state index contributed by atoms with van der Waals surface area (Å²) in [7, 11) is 1.83. The minimum atomic E-state index is -0.328. The van der Waals surface area contributed by atoms with Crippen LogP contribution < -0.4 is 10.2 Å². The third kappa shape index (κ3) is 2.72. The second-order valence-corrected chi connectivity index (χ2v) is 5.04. The number of anilines is 2. The molecule has 0 saturated carbocycles. The average Bonchev–Trinajstić information content (AvgIpc) is 2.50. The van der Waals surface area contributed by atoms with Gasteiger partial charge < -0.3 is 10.2 Å². The van der Waals surface area contributed by atoms with E-state index in [2.05, 4.69) is 10.3 Å². The zero-order valence-electron chi connectivity index (χ0n) is 11.8. The monoisotopic (exact) mass is 285 g/mol. The van der Waals surface area contributed by atoms with Crippen molar-refractivity contribution >= 4 is 17.3 Å². The molecule has 0 aliphatic carbocycles. The highest BCUT2D eigenvalue weighted by Crippen LogP contribution is 2.29. The van der Waals surface area contributed by atoms with Crippen molar-refractivity contribution in [3.05, 3.63) is 53.6 Å². The molecule has 2 heterocycles. The number of aromatic nitrogens is 1. The van der Waals surface area contributed by atoms with Crippen molar-refractivity contribution in [1.29, 1.82) is 0 Å². The lowest BCUT2D eigenvalue weighted by Crippen LogP contribution is -2.34. The largest absolute Gasteiger partial charge is 0.388 e. The van der Waals surface area contributed by atoms with Crippen LogP contribution in [0.1, 0.15) is 17.7 Å². The van der Waals surface area contributed by atoms with Crippen LogP contribution in [0.15, 0.2) is 36.5 Å². The third-order valence-corrected chi connectivity index (χ3v) is 3.67. The first kappa shape index (κ1) is 13.5. The molecule has 3 rings (SSSR count). The molecule has 0 bridgehead atoms. The Bertz CT molecular complexity index is 687. The lowest BCUT2D eigenvalue weighted by molar-refractivity contribution is -0.119. The maximum atomic E-state index is 13.5. The van der Waals surface area contributed by atoms with Gasteiger partial charge in [-0.05, 0) is 36.2 Å². The number of hydrogen-bond acceptors (Lipinski definition) is 3. The molecule has 108 valence electrons. The van der Waals surface area contributed by atoms with Crippen molar-refractivity contribution in [3.8, 4) is 0 Å². The number of aryl methyl sites for hydroxylation is 1. The highest BCUT2D eigenvalue weighted by atomic mass is 19.1. The van der Waals surface area contributed by atoms with Crippen LogP contribution in [0, 0.1) is 5.82 Å². The van der Waals surface area contributed by atoms with Crippen molar-refractivity contribution in [2.75, 3.05) is 17.3 Å². The van der Waals surface area contributed by atoms with Gasteiger partial charge >= 0.3 is 0 Å². The van der Waals surface area contributed by atoms with E-state index in [-0.39, 0.29) is 11.7 Å². The summed E-state index contributed by atoms with van der Waals surface area (Å²) in [4.78, 5) is 18.1. The van der Waals surface area contributed by atoms with Gasteiger partial charge in [0.1, 0.15) is 5.82 Å². The molecule has 5 heteroatoms. The lowest BCUT2D eigenvalue weighted by Gasteiger charge is -2.29. The fourth-order valence-corrected chi connectivity index (χ4v) is 2.57. The molecular weight excluding hydrogens is 269 g/mol. The number of nitrogens with zero attached hydrogens (tertiary/aromatic N) is 2. The van der Waals surface area contributed by atoms with E-state index in [0.717, 1.165) is 16.9 Å². The van der Waals surface area contributed by atoms with E-state index in [1.54, 1.807) is 17.2 Å². The topological polar surface area (TPSA) is 45.2 Å². The number of pyridine rings is 1. The molecule has 1 aliphatic rings. The molecule has 21 heavy (non-hydrogen) atoms. The molecule has 4 nitrogen and oxygen atoms in total. The van der Waals surface area contributed by atoms with Crippen LogP contribution in [0.3, 0.4) is 0 Å². The number of carbonyl (C=O) groups is 1. The van der Waals surface area contributed by atoms with Crippen LogP contribution in [0.5, 0.6) is 0 Å². The van der Waals surface area contributed by atoms with Crippen molar-refractivity contribution in [2.24, 2.45) is 0 Å². The molecule has 2 aromatic rings. The molecule has 0 fully saturated rings. The first-order chi connectivity index (χ1) is 10.2. The van der Waals surface area contributed by atoms with E-state index >= 15 is 0 Å². The lowest BCUT2D eigenvalue weighted by atomic mass is 10.0. The number of fused-ring (bicyclic) bond motifs is 1. The van der Waals surface area contributed by atoms with Gasteiger partial charge in [0.2, 0.25) is 5.91 Å². The number of rotatable bonds is 3. The van der Waals surface area contributed by atoms with Gasteiger partial charge in [-0.15, -0.1) is 0 Å². The molecule has 1 aromatic heterocycles. The molecule has 0 radical (unpaired) electrons. The quantitative estimate of drug-likeness (QED) is 0.943. The van der Waals surface area contributed by atoms with Crippen LogP contribution in [-0.2, 0) is 17.8 Å². The number of carbonyl (C=O) groups excluding carboxylic acids is 1. The summed E-state index contributed by atoms with van der Waals surface area (Å²) in [6.45, 7) is 0.352. The Morgan fingerprint density at radius 2 is 2.14 bits per heavy atom. The molecule has 1 aliphatic heterocycles. The maximum Gasteiger partial charge on any atom is 0.227 e. The van der Waals surface area contributed by atoms with Crippen LogP contribution in [-0.4, -0.2) is 17.9 Å². The fraction of sp³-hybridized carbons (Fsp3) is 0.250. The third-order valence-electron chi connectivity index (χ3n) is 3.67. The van der Waals surface area contributed by atoms with Gasteiger partial charge in [-0.3, -0.25) is 9.78 Å². The zero-order chi connectivity index (χ0) is 14.8. The van der Waals surface area contributed by atoms with E-state index in [4.69, 9.17) is 0 Å². The number of benzene rings is 1. The fourth-order valence-electron chi connectivity index (χ4n) is 2.57. The Morgan fingerprint density at radius 1 is 1.29 bits per heavy atom. The molecule has 1 N–H and O–H groups in total. The van der Waals surface area contributed by atoms with Gasteiger partial charge in [0.15, 0.2) is 0 Å². The molecular formula is C16H16FN3O. The first-order valence-corrected chi connectivity index (χ1v) is 6.89. The Balaban J connectivity index is 1.94. The van der Waals surface area contributed by atoms with Gasteiger partial charge in [0.05, 0.1) is 17.9 Å². The second kappa shape index (κ2) is 5.52. The molecule has 1 aromatic carbocycles. The Labute approximate surface area is 122 Å². The SMILES string of the molecule is CNc1ccnc(CN2C(=O)CCc3ccc(F)cc32)c1. The predicted octanol–water partition coefficient (Wildman–Crippen LogP) is 2.74. The Kier molecular flexibility index (Phi) is 3.56. The minimum Gasteiger partial charge on any atom is -0.388 e. The zero-order valence-corrected chi connectivity index (χ0v) is 11.8. The number of halogens is 1. The molecule has 1 amide bonds. The van der Waals surface area contributed by atoms with Crippen molar-refractivity contribution in [1.82, 2.24) is 4.98 Å². The number of hydrogen-bond donors (Lipinski definition) is 1. The van der Waals surface area contributed by atoms with Crippen LogP contribution in [0.4, 0.5) is 15.8 Å². The summed E-state index contributed by atoms with van der Waals surface area (Å²) in [6.07, 6.45) is 2.81. The molecule has 0 saturated heterocycles. The summed E-state index contributed by atoms with van der Waals surface area (Å²) in [5.74, 6) is -0.324. The normalized spacial score (nSPS) is 14.0. The highest BCUT2D eigenvalue weighted by Gasteiger charge is 2.25. The maximum absolute atomic E-state index is 13.5. The predicted molar refractivity (Wildman–Crippen MR) is 79.7 cm³/mol. The second-order valence-electron chi connectivity index (χ2n) is 5.04. The standard InChI is InChI=1S/C16H16FN3O/c1-18-13-6-7-19-14(9-13)10-20-15-8-12(17)4-2-11(15)3-5-16(20)21/h2,4,6-9H,3,5,10H2,1H3,(H,18,19). The van der Waals surface area contributed by atoms with Crippen LogP contribution in [0.25, 0.3) is 0 Å². The van der Waals surface area contributed by atoms with E-state index in [1.165, 1.54) is 12.1 Å². The Morgan fingerprint density at radius 3 is 2.95 bits per heavy atom. The number of amides is 1. The number of nitrogens with one attached hydrogen (secondary N) is 1. The van der Waals surface area contributed by atoms with Crippen molar-refractivity contribution in [2.45, 2.75) is 19.4 Å². The van der Waals surface area contributed by atoms with E-state index in [9.17, 15) is 9.18 Å². The summed E-state index contributed by atoms with van der Waals surface area (Å²) >= 11 is 0. The van der Waals surface area contributed by atoms with Crippen molar-refractivity contribution < 1.29 is 9.18 Å². The minimum absolute atomic E-state index is 0.00441. The summed E-state index contributed by atoms with van der Waals surface area (Å²) in [5.41, 5.74) is 3.36. The summed E-state index contributed by atoms with van der Waals surface area (Å²) in [6, 6.07) is 8.36.